The van der Waals surface area contributed by atoms with Crippen LogP contribution in [0.15, 0.2) is 77.7 Å². The quantitative estimate of drug-likeness (QED) is 0.638. The van der Waals surface area contributed by atoms with E-state index in [9.17, 15) is 13.2 Å². The first-order valence-electron chi connectivity index (χ1n) is 10.1. The van der Waals surface area contributed by atoms with Crippen LogP contribution in [0.25, 0.3) is 0 Å². The fraction of sp³-hybridized carbons (Fsp3) is 0.208. The number of amides is 1. The van der Waals surface area contributed by atoms with Crippen LogP contribution >= 0.6 is 0 Å². The maximum absolute atomic E-state index is 12.9. The smallest absolute Gasteiger partial charge is 0.262 e. The van der Waals surface area contributed by atoms with E-state index in [1.165, 1.54) is 4.31 Å². The van der Waals surface area contributed by atoms with Crippen LogP contribution in [0.1, 0.15) is 16.7 Å². The van der Waals surface area contributed by atoms with Gasteiger partial charge in [0.15, 0.2) is 6.61 Å². The van der Waals surface area contributed by atoms with Crippen LogP contribution in [0.2, 0.25) is 0 Å². The van der Waals surface area contributed by atoms with Crippen molar-refractivity contribution in [1.82, 2.24) is 4.31 Å². The second kappa shape index (κ2) is 8.91. The Morgan fingerprint density at radius 2 is 1.74 bits per heavy atom. The number of ether oxygens (including phenoxy) is 1. The van der Waals surface area contributed by atoms with Crippen LogP contribution in [0.5, 0.6) is 5.75 Å². The summed E-state index contributed by atoms with van der Waals surface area (Å²) in [5.74, 6) is 0.359. The molecule has 7 heteroatoms. The molecule has 0 atom stereocenters. The van der Waals surface area contributed by atoms with Gasteiger partial charge in [0.1, 0.15) is 5.75 Å². The van der Waals surface area contributed by atoms with Crippen molar-refractivity contribution >= 4 is 21.6 Å². The van der Waals surface area contributed by atoms with Crippen LogP contribution in [-0.4, -0.2) is 31.8 Å². The van der Waals surface area contributed by atoms with Crippen LogP contribution in [-0.2, 0) is 27.8 Å². The van der Waals surface area contributed by atoms with Crippen molar-refractivity contribution < 1.29 is 17.9 Å². The lowest BCUT2D eigenvalue weighted by Gasteiger charge is -2.28. The van der Waals surface area contributed by atoms with E-state index in [0.717, 1.165) is 16.7 Å². The Balaban J connectivity index is 1.42. The highest BCUT2D eigenvalue weighted by Gasteiger charge is 2.28. The molecule has 0 unspecified atom stereocenters. The van der Waals surface area contributed by atoms with E-state index in [1.54, 1.807) is 30.3 Å². The molecule has 3 aromatic carbocycles. The first kappa shape index (κ1) is 21.1. The van der Waals surface area contributed by atoms with Gasteiger partial charge in [0.05, 0.1) is 4.90 Å². The highest BCUT2D eigenvalue weighted by molar-refractivity contribution is 7.89. The van der Waals surface area contributed by atoms with E-state index in [4.69, 9.17) is 4.74 Å². The minimum atomic E-state index is -3.56. The second-order valence-electron chi connectivity index (χ2n) is 7.54. The van der Waals surface area contributed by atoms with E-state index >= 15 is 0 Å². The second-order valence-corrected chi connectivity index (χ2v) is 9.47. The number of rotatable bonds is 6. The minimum absolute atomic E-state index is 0.103. The van der Waals surface area contributed by atoms with Crippen molar-refractivity contribution in [1.29, 1.82) is 0 Å². The van der Waals surface area contributed by atoms with Gasteiger partial charge >= 0.3 is 0 Å². The zero-order valence-electron chi connectivity index (χ0n) is 17.2. The number of benzene rings is 3. The molecule has 6 nitrogen and oxygen atoms in total. The van der Waals surface area contributed by atoms with Gasteiger partial charge in [-0.05, 0) is 60.9 Å². The van der Waals surface area contributed by atoms with Gasteiger partial charge < -0.3 is 10.1 Å². The van der Waals surface area contributed by atoms with Crippen LogP contribution < -0.4 is 10.1 Å². The van der Waals surface area contributed by atoms with Gasteiger partial charge in [-0.3, -0.25) is 4.79 Å². The summed E-state index contributed by atoms with van der Waals surface area (Å²) in [7, 11) is -3.56. The predicted molar refractivity (Wildman–Crippen MR) is 119 cm³/mol. The molecule has 4 rings (SSSR count). The number of anilines is 1. The van der Waals surface area contributed by atoms with Crippen molar-refractivity contribution in [2.45, 2.75) is 24.8 Å². The maximum Gasteiger partial charge on any atom is 0.262 e. The molecule has 1 amide bonds. The monoisotopic (exact) mass is 436 g/mol. The Labute approximate surface area is 182 Å². The summed E-state index contributed by atoms with van der Waals surface area (Å²) in [6, 6.07) is 21.6. The topological polar surface area (TPSA) is 75.7 Å². The number of hydrogen-bond acceptors (Lipinski definition) is 4. The van der Waals surface area contributed by atoms with E-state index in [1.807, 2.05) is 49.4 Å². The predicted octanol–water partition coefficient (Wildman–Crippen LogP) is 3.76. The average molecular weight is 437 g/mol. The normalized spacial score (nSPS) is 14.0. The van der Waals surface area contributed by atoms with Crippen molar-refractivity contribution in [3.05, 3.63) is 89.5 Å². The number of carbonyl (C=O) groups is 1. The Morgan fingerprint density at radius 3 is 2.48 bits per heavy atom. The van der Waals surface area contributed by atoms with Gasteiger partial charge in [-0.2, -0.15) is 4.31 Å². The summed E-state index contributed by atoms with van der Waals surface area (Å²) < 4.78 is 32.9. The lowest BCUT2D eigenvalue weighted by Crippen LogP contribution is -2.36. The summed E-state index contributed by atoms with van der Waals surface area (Å²) in [6.07, 6.45) is 0.631. The molecule has 0 spiro atoms. The number of nitrogens with one attached hydrogen (secondary N) is 1. The summed E-state index contributed by atoms with van der Waals surface area (Å²) >= 11 is 0. The van der Waals surface area contributed by atoms with Gasteiger partial charge in [-0.1, -0.05) is 42.0 Å². The maximum atomic E-state index is 12.9. The van der Waals surface area contributed by atoms with Gasteiger partial charge in [0.25, 0.3) is 5.91 Å². The molecule has 3 aromatic rings. The van der Waals surface area contributed by atoms with Crippen molar-refractivity contribution in [2.75, 3.05) is 18.5 Å². The molecule has 0 aliphatic carbocycles. The van der Waals surface area contributed by atoms with E-state index in [0.29, 0.717) is 24.4 Å². The molecule has 1 N–H and O–H groups in total. The molecule has 1 heterocycles. The first-order valence-corrected chi connectivity index (χ1v) is 11.5. The third-order valence-electron chi connectivity index (χ3n) is 5.24. The van der Waals surface area contributed by atoms with Crippen LogP contribution in [0, 0.1) is 6.92 Å². The fourth-order valence-electron chi connectivity index (χ4n) is 3.54. The molecule has 160 valence electrons. The van der Waals surface area contributed by atoms with Crippen LogP contribution in [0.4, 0.5) is 5.69 Å². The van der Waals surface area contributed by atoms with Crippen LogP contribution in [0.3, 0.4) is 0 Å². The number of fused-ring (bicyclic) bond motifs is 1. The largest absolute Gasteiger partial charge is 0.484 e. The molecule has 0 saturated carbocycles. The highest BCUT2D eigenvalue weighted by Crippen LogP contribution is 2.27. The highest BCUT2D eigenvalue weighted by atomic mass is 32.2. The van der Waals surface area contributed by atoms with Crippen molar-refractivity contribution in [2.24, 2.45) is 0 Å². The summed E-state index contributed by atoms with van der Waals surface area (Å²) in [6.45, 7) is 2.59. The molecule has 0 bridgehead atoms. The molecule has 0 saturated heterocycles. The van der Waals surface area contributed by atoms with Gasteiger partial charge in [0.2, 0.25) is 10.0 Å². The Bertz CT molecular complexity index is 1180. The van der Waals surface area contributed by atoms with E-state index < -0.39 is 10.0 Å². The van der Waals surface area contributed by atoms with Gasteiger partial charge in [-0.25, -0.2) is 8.42 Å². The van der Waals surface area contributed by atoms with Gasteiger partial charge in [-0.15, -0.1) is 0 Å². The fourth-order valence-corrected chi connectivity index (χ4v) is 4.98. The Morgan fingerprint density at radius 1 is 1.00 bits per heavy atom. The first-order chi connectivity index (χ1) is 14.9. The lowest BCUT2D eigenvalue weighted by molar-refractivity contribution is -0.118. The third kappa shape index (κ3) is 4.95. The SMILES string of the molecule is Cc1ccc(OCC(=O)Nc2ccc3c(c2)CN(S(=O)(=O)c2ccccc2)CC3)cc1. The van der Waals surface area contributed by atoms with Crippen molar-refractivity contribution in [3.8, 4) is 5.75 Å². The lowest BCUT2D eigenvalue weighted by atomic mass is 10.0. The Kier molecular flexibility index (Phi) is 6.06. The number of nitrogens with zero attached hydrogens (tertiary/aromatic N) is 1. The molecule has 0 radical (unpaired) electrons. The zero-order valence-corrected chi connectivity index (χ0v) is 18.1. The molecule has 0 aromatic heterocycles. The molecule has 31 heavy (non-hydrogen) atoms. The van der Waals surface area contributed by atoms with E-state index in [2.05, 4.69) is 5.32 Å². The summed E-state index contributed by atoms with van der Waals surface area (Å²) in [5.41, 5.74) is 3.72. The number of aryl methyl sites for hydroxylation is 1. The zero-order chi connectivity index (χ0) is 21.8. The summed E-state index contributed by atoms with van der Waals surface area (Å²) in [5, 5.41) is 2.83. The number of hydrogen-bond donors (Lipinski definition) is 1. The molecule has 0 fully saturated rings. The molecule has 1 aliphatic rings. The molecular weight excluding hydrogens is 412 g/mol. The van der Waals surface area contributed by atoms with E-state index in [-0.39, 0.29) is 24.0 Å². The molecular formula is C24H24N2O4S. The summed E-state index contributed by atoms with van der Waals surface area (Å²) in [4.78, 5) is 12.6. The molecule has 1 aliphatic heterocycles. The number of carbonyl (C=O) groups excluding carboxylic acids is 1. The standard InChI is InChI=1S/C24H24N2O4S/c1-18-7-11-22(12-8-18)30-17-24(27)25-21-10-9-19-13-14-26(16-20(19)15-21)31(28,29)23-5-3-2-4-6-23/h2-12,15H,13-14,16-17H2,1H3,(H,25,27). The minimum Gasteiger partial charge on any atom is -0.484 e. The number of sulfonamides is 1. The third-order valence-corrected chi connectivity index (χ3v) is 7.10. The van der Waals surface area contributed by atoms with Crippen molar-refractivity contribution in [3.63, 3.8) is 0 Å². The Hall–Kier alpha value is -3.16. The average Bonchev–Trinajstić information content (AvgIpc) is 2.79. The van der Waals surface area contributed by atoms with Gasteiger partial charge in [0, 0.05) is 18.8 Å².